The Hall–Kier alpha value is -2.29. The first kappa shape index (κ1) is 15.6. The molecule has 0 unspecified atom stereocenters. The fourth-order valence-electron chi connectivity index (χ4n) is 3.38. The van der Waals surface area contributed by atoms with Crippen molar-refractivity contribution in [2.75, 3.05) is 7.11 Å². The minimum Gasteiger partial charge on any atom is -0.497 e. The molecule has 0 bridgehead atoms. The lowest BCUT2D eigenvalue weighted by Crippen LogP contribution is -2.19. The topological polar surface area (TPSA) is 27.1 Å². The number of fused-ring (bicyclic) bond motifs is 1. The monoisotopic (exact) mass is 308 g/mol. The number of ether oxygens (including phenoxy) is 1. The lowest BCUT2D eigenvalue weighted by Gasteiger charge is -2.23. The van der Waals surface area contributed by atoms with Crippen LogP contribution in [0.15, 0.2) is 42.6 Å². The molecule has 0 fully saturated rings. The maximum atomic E-state index is 5.25. The summed E-state index contributed by atoms with van der Waals surface area (Å²) >= 11 is 0. The Morgan fingerprint density at radius 2 is 1.78 bits per heavy atom. The molecule has 120 valence electrons. The summed E-state index contributed by atoms with van der Waals surface area (Å²) in [5.41, 5.74) is 5.05. The van der Waals surface area contributed by atoms with Crippen molar-refractivity contribution in [3.05, 3.63) is 59.4 Å². The Morgan fingerprint density at radius 1 is 1.09 bits per heavy atom. The summed E-state index contributed by atoms with van der Waals surface area (Å²) in [5.74, 6) is 0.886. The first-order chi connectivity index (χ1) is 10.9. The molecule has 0 aliphatic rings. The summed E-state index contributed by atoms with van der Waals surface area (Å²) < 4.78 is 7.61. The van der Waals surface area contributed by atoms with Crippen molar-refractivity contribution in [1.29, 1.82) is 0 Å². The van der Waals surface area contributed by atoms with Gasteiger partial charge in [-0.3, -0.25) is 0 Å². The first-order valence-electron chi connectivity index (χ1n) is 7.99. The molecule has 0 atom stereocenters. The van der Waals surface area contributed by atoms with E-state index in [-0.39, 0.29) is 5.41 Å². The molecule has 0 amide bonds. The molecule has 3 rings (SSSR count). The quantitative estimate of drug-likeness (QED) is 0.701. The van der Waals surface area contributed by atoms with Gasteiger partial charge in [0.15, 0.2) is 0 Å². The third-order valence-corrected chi connectivity index (χ3v) is 4.28. The standard InChI is InChI=1S/C20H24N2O/c1-14-17-7-6-12-21-19(17)22(18(14)20(2,3)4)13-15-8-10-16(23-5)11-9-15/h6-12H,13H2,1-5H3. The summed E-state index contributed by atoms with van der Waals surface area (Å²) in [6, 6.07) is 12.4. The second-order valence-corrected chi connectivity index (χ2v) is 7.03. The average molecular weight is 308 g/mol. The van der Waals surface area contributed by atoms with Gasteiger partial charge in [0, 0.05) is 29.2 Å². The Bertz CT molecular complexity index is 823. The molecule has 2 heterocycles. The number of aromatic nitrogens is 2. The number of rotatable bonds is 3. The number of hydrogen-bond acceptors (Lipinski definition) is 2. The van der Waals surface area contributed by atoms with E-state index in [4.69, 9.17) is 4.74 Å². The average Bonchev–Trinajstić information content (AvgIpc) is 2.81. The van der Waals surface area contributed by atoms with Crippen LogP contribution in [0.3, 0.4) is 0 Å². The molecular weight excluding hydrogens is 284 g/mol. The number of pyridine rings is 1. The highest BCUT2D eigenvalue weighted by atomic mass is 16.5. The third kappa shape index (κ3) is 2.83. The maximum Gasteiger partial charge on any atom is 0.140 e. The zero-order valence-electron chi connectivity index (χ0n) is 14.6. The first-order valence-corrected chi connectivity index (χ1v) is 7.99. The van der Waals surface area contributed by atoms with E-state index in [2.05, 4.69) is 55.4 Å². The summed E-state index contributed by atoms with van der Waals surface area (Å²) in [7, 11) is 1.69. The van der Waals surface area contributed by atoms with Crippen LogP contribution >= 0.6 is 0 Å². The van der Waals surface area contributed by atoms with Gasteiger partial charge in [-0.25, -0.2) is 4.98 Å². The normalized spacial score (nSPS) is 11.9. The van der Waals surface area contributed by atoms with Crippen molar-refractivity contribution in [3.8, 4) is 5.75 Å². The summed E-state index contributed by atoms with van der Waals surface area (Å²) in [4.78, 5) is 4.64. The van der Waals surface area contributed by atoms with Crippen LogP contribution in [0.4, 0.5) is 0 Å². The van der Waals surface area contributed by atoms with E-state index in [1.165, 1.54) is 22.2 Å². The highest BCUT2D eigenvalue weighted by molar-refractivity contribution is 5.82. The van der Waals surface area contributed by atoms with Crippen LogP contribution in [0.25, 0.3) is 11.0 Å². The third-order valence-electron chi connectivity index (χ3n) is 4.28. The van der Waals surface area contributed by atoms with Gasteiger partial charge in [0.2, 0.25) is 0 Å². The minimum absolute atomic E-state index is 0.0667. The van der Waals surface area contributed by atoms with E-state index in [9.17, 15) is 0 Å². The molecule has 0 aliphatic carbocycles. The summed E-state index contributed by atoms with van der Waals surface area (Å²) in [6.45, 7) is 9.81. The number of methoxy groups -OCH3 is 1. The van der Waals surface area contributed by atoms with E-state index in [1.54, 1.807) is 7.11 Å². The van der Waals surface area contributed by atoms with Gasteiger partial charge in [-0.2, -0.15) is 0 Å². The van der Waals surface area contributed by atoms with Crippen LogP contribution in [0.5, 0.6) is 5.75 Å². The molecule has 1 aromatic carbocycles. The van der Waals surface area contributed by atoms with Crippen molar-refractivity contribution < 1.29 is 4.74 Å². The Labute approximate surface area is 137 Å². The molecule has 0 radical (unpaired) electrons. The zero-order chi connectivity index (χ0) is 16.6. The Balaban J connectivity index is 2.14. The van der Waals surface area contributed by atoms with Gasteiger partial charge in [-0.15, -0.1) is 0 Å². The van der Waals surface area contributed by atoms with Crippen molar-refractivity contribution in [1.82, 2.24) is 9.55 Å². The predicted molar refractivity (Wildman–Crippen MR) is 95.3 cm³/mol. The summed E-state index contributed by atoms with van der Waals surface area (Å²) in [6.07, 6.45) is 1.87. The van der Waals surface area contributed by atoms with E-state index in [1.807, 2.05) is 24.4 Å². The SMILES string of the molecule is COc1ccc(Cn2c(C(C)(C)C)c(C)c3cccnc32)cc1. The van der Waals surface area contributed by atoms with Gasteiger partial charge in [-0.05, 0) is 42.3 Å². The van der Waals surface area contributed by atoms with Gasteiger partial charge in [0.25, 0.3) is 0 Å². The van der Waals surface area contributed by atoms with Crippen molar-refractivity contribution >= 4 is 11.0 Å². The molecule has 3 aromatic rings. The largest absolute Gasteiger partial charge is 0.497 e. The van der Waals surface area contributed by atoms with Crippen molar-refractivity contribution in [2.24, 2.45) is 0 Å². The van der Waals surface area contributed by atoms with Gasteiger partial charge >= 0.3 is 0 Å². The molecule has 3 nitrogen and oxygen atoms in total. The number of benzene rings is 1. The van der Waals surface area contributed by atoms with E-state index in [0.29, 0.717) is 0 Å². The summed E-state index contributed by atoms with van der Waals surface area (Å²) in [5, 5.41) is 1.24. The number of hydrogen-bond donors (Lipinski definition) is 0. The van der Waals surface area contributed by atoms with Crippen LogP contribution in [0, 0.1) is 6.92 Å². The zero-order valence-corrected chi connectivity index (χ0v) is 14.6. The lowest BCUT2D eigenvalue weighted by atomic mass is 9.89. The fraction of sp³-hybridized carbons (Fsp3) is 0.350. The number of aryl methyl sites for hydroxylation is 1. The highest BCUT2D eigenvalue weighted by Gasteiger charge is 2.25. The van der Waals surface area contributed by atoms with Gasteiger partial charge in [0.05, 0.1) is 7.11 Å². The smallest absolute Gasteiger partial charge is 0.140 e. The molecule has 23 heavy (non-hydrogen) atoms. The second-order valence-electron chi connectivity index (χ2n) is 7.03. The highest BCUT2D eigenvalue weighted by Crippen LogP contribution is 2.33. The molecule has 0 N–H and O–H groups in total. The van der Waals surface area contributed by atoms with E-state index in [0.717, 1.165) is 17.9 Å². The van der Waals surface area contributed by atoms with E-state index >= 15 is 0 Å². The van der Waals surface area contributed by atoms with Crippen molar-refractivity contribution in [2.45, 2.75) is 39.7 Å². The molecule has 0 aliphatic heterocycles. The van der Waals surface area contributed by atoms with Crippen LogP contribution in [-0.4, -0.2) is 16.7 Å². The Kier molecular flexibility index (Phi) is 3.88. The molecule has 3 heteroatoms. The van der Waals surface area contributed by atoms with Gasteiger partial charge in [0.1, 0.15) is 11.4 Å². The predicted octanol–water partition coefficient (Wildman–Crippen LogP) is 4.70. The maximum absolute atomic E-state index is 5.25. The molecular formula is C20H24N2O. The van der Waals surface area contributed by atoms with E-state index < -0.39 is 0 Å². The molecule has 2 aromatic heterocycles. The fourth-order valence-corrected chi connectivity index (χ4v) is 3.38. The van der Waals surface area contributed by atoms with Gasteiger partial charge < -0.3 is 9.30 Å². The molecule has 0 saturated heterocycles. The van der Waals surface area contributed by atoms with Crippen molar-refractivity contribution in [3.63, 3.8) is 0 Å². The lowest BCUT2D eigenvalue weighted by molar-refractivity contribution is 0.414. The van der Waals surface area contributed by atoms with Gasteiger partial charge in [-0.1, -0.05) is 32.9 Å². The minimum atomic E-state index is 0.0667. The van der Waals surface area contributed by atoms with Crippen LogP contribution in [0.2, 0.25) is 0 Å². The Morgan fingerprint density at radius 3 is 2.39 bits per heavy atom. The molecule has 0 spiro atoms. The second kappa shape index (κ2) is 5.73. The van der Waals surface area contributed by atoms with Crippen LogP contribution < -0.4 is 4.74 Å². The van der Waals surface area contributed by atoms with Crippen LogP contribution in [0.1, 0.15) is 37.6 Å². The van der Waals surface area contributed by atoms with Crippen LogP contribution in [-0.2, 0) is 12.0 Å². The molecule has 0 saturated carbocycles. The number of nitrogens with zero attached hydrogens (tertiary/aromatic N) is 2.